The second-order valence-corrected chi connectivity index (χ2v) is 7.78. The van der Waals surface area contributed by atoms with Crippen molar-refractivity contribution in [1.82, 2.24) is 10.2 Å². The van der Waals surface area contributed by atoms with Crippen LogP contribution in [0, 0.1) is 5.92 Å². The highest BCUT2D eigenvalue weighted by Crippen LogP contribution is 2.39. The van der Waals surface area contributed by atoms with Crippen molar-refractivity contribution in [3.05, 3.63) is 0 Å². The number of methoxy groups -OCH3 is 1. The number of carbonyl (C=O) groups is 2. The number of hydrogen-bond acceptors (Lipinski definition) is 5. The lowest BCUT2D eigenvalue weighted by Crippen LogP contribution is -2.53. The van der Waals surface area contributed by atoms with E-state index in [1.165, 1.54) is 0 Å². The van der Waals surface area contributed by atoms with E-state index >= 15 is 0 Å². The van der Waals surface area contributed by atoms with Gasteiger partial charge in [-0.2, -0.15) is 0 Å². The van der Waals surface area contributed by atoms with Crippen molar-refractivity contribution in [3.63, 3.8) is 0 Å². The molecule has 1 atom stereocenters. The number of nitrogens with zero attached hydrogens (tertiary/aromatic N) is 1. The molecule has 0 aromatic carbocycles. The minimum atomic E-state index is -0.104. The Kier molecular flexibility index (Phi) is 5.68. The number of carbonyl (C=O) groups excluding carboxylic acids is 2. The van der Waals surface area contributed by atoms with Crippen LogP contribution in [0.25, 0.3) is 0 Å². The molecule has 21 heavy (non-hydrogen) atoms. The fraction of sp³-hybridized carbons (Fsp3) is 0.867. The van der Waals surface area contributed by atoms with Crippen LogP contribution in [-0.4, -0.2) is 60.1 Å². The molecule has 0 saturated carbocycles. The quantitative estimate of drug-likeness (QED) is 0.828. The number of thioether (sulfide) groups is 1. The summed E-state index contributed by atoms with van der Waals surface area (Å²) in [6, 6.07) is -0.104. The zero-order chi connectivity index (χ0) is 15.5. The van der Waals surface area contributed by atoms with Crippen molar-refractivity contribution in [2.24, 2.45) is 5.92 Å². The summed E-state index contributed by atoms with van der Waals surface area (Å²) in [5.41, 5.74) is 0. The molecule has 2 heterocycles. The van der Waals surface area contributed by atoms with Gasteiger partial charge in [0.25, 0.3) is 0 Å². The molecule has 120 valence electrons. The second-order valence-electron chi connectivity index (χ2n) is 6.38. The predicted octanol–water partition coefficient (Wildman–Crippen LogP) is 1.27. The Bertz CT molecular complexity index is 392. The average molecular weight is 314 g/mol. The van der Waals surface area contributed by atoms with E-state index in [4.69, 9.17) is 4.74 Å². The normalized spacial score (nSPS) is 24.8. The van der Waals surface area contributed by atoms with E-state index in [0.29, 0.717) is 12.3 Å². The average Bonchev–Trinajstić information content (AvgIpc) is 2.83. The summed E-state index contributed by atoms with van der Waals surface area (Å²) < 4.78 is 4.93. The van der Waals surface area contributed by atoms with E-state index < -0.39 is 0 Å². The minimum Gasteiger partial charge on any atom is -0.377 e. The Morgan fingerprint density at radius 2 is 2.05 bits per heavy atom. The SMILES string of the molecule is COCC(=O)[C@@H]1CSC2(CCN(C(=O)CC(C)C)CC2)N1. The molecule has 1 spiro atoms. The minimum absolute atomic E-state index is 0.0251. The van der Waals surface area contributed by atoms with Gasteiger partial charge >= 0.3 is 0 Å². The smallest absolute Gasteiger partial charge is 0.222 e. The molecule has 0 bridgehead atoms. The lowest BCUT2D eigenvalue weighted by molar-refractivity contribution is -0.133. The maximum Gasteiger partial charge on any atom is 0.222 e. The Balaban J connectivity index is 1.84. The number of hydrogen-bond donors (Lipinski definition) is 1. The number of ether oxygens (including phenoxy) is 1. The molecular weight excluding hydrogens is 288 g/mol. The van der Waals surface area contributed by atoms with Crippen molar-refractivity contribution in [2.45, 2.75) is 44.0 Å². The number of likely N-dealkylation sites (tertiary alicyclic amines) is 1. The summed E-state index contributed by atoms with van der Waals surface area (Å²) in [6.07, 6.45) is 2.46. The predicted molar refractivity (Wildman–Crippen MR) is 84.3 cm³/mol. The Morgan fingerprint density at radius 3 is 2.62 bits per heavy atom. The lowest BCUT2D eigenvalue weighted by Gasteiger charge is -2.39. The molecule has 1 N–H and O–H groups in total. The third-order valence-electron chi connectivity index (χ3n) is 4.15. The molecule has 2 rings (SSSR count). The number of rotatable bonds is 5. The van der Waals surface area contributed by atoms with E-state index in [1.54, 1.807) is 7.11 Å². The summed E-state index contributed by atoms with van der Waals surface area (Å²) in [5, 5.41) is 3.49. The van der Waals surface area contributed by atoms with Gasteiger partial charge in [-0.1, -0.05) is 13.8 Å². The Morgan fingerprint density at radius 1 is 1.38 bits per heavy atom. The molecule has 2 saturated heterocycles. The van der Waals surface area contributed by atoms with Crippen LogP contribution < -0.4 is 5.32 Å². The molecule has 0 radical (unpaired) electrons. The van der Waals surface area contributed by atoms with Crippen LogP contribution in [-0.2, 0) is 14.3 Å². The maximum atomic E-state index is 12.1. The van der Waals surface area contributed by atoms with Gasteiger partial charge in [0, 0.05) is 32.4 Å². The van der Waals surface area contributed by atoms with Crippen molar-refractivity contribution < 1.29 is 14.3 Å². The molecule has 0 aliphatic carbocycles. The molecule has 1 amide bonds. The lowest BCUT2D eigenvalue weighted by atomic mass is 10.0. The highest BCUT2D eigenvalue weighted by molar-refractivity contribution is 8.01. The van der Waals surface area contributed by atoms with Crippen LogP contribution in [0.1, 0.15) is 33.1 Å². The summed E-state index contributed by atoms with van der Waals surface area (Å²) in [5.74, 6) is 1.60. The Hall–Kier alpha value is -0.590. The van der Waals surface area contributed by atoms with Gasteiger partial charge in [-0.25, -0.2) is 0 Å². The summed E-state index contributed by atoms with van der Waals surface area (Å²) >= 11 is 1.83. The first kappa shape index (κ1) is 16.8. The third-order valence-corrected chi connectivity index (χ3v) is 5.72. The monoisotopic (exact) mass is 314 g/mol. The molecule has 5 nitrogen and oxygen atoms in total. The van der Waals surface area contributed by atoms with Crippen molar-refractivity contribution in [1.29, 1.82) is 0 Å². The zero-order valence-corrected chi connectivity index (χ0v) is 14.0. The molecule has 0 aromatic rings. The number of Topliss-reactive ketones (excluding diaryl/α,β-unsaturated/α-hetero) is 1. The number of amides is 1. The van der Waals surface area contributed by atoms with E-state index in [2.05, 4.69) is 19.2 Å². The summed E-state index contributed by atoms with van der Waals surface area (Å²) in [6.45, 7) is 5.90. The van der Waals surface area contributed by atoms with E-state index in [-0.39, 0.29) is 29.2 Å². The summed E-state index contributed by atoms with van der Waals surface area (Å²) in [4.78, 5) is 25.9. The maximum absolute atomic E-state index is 12.1. The van der Waals surface area contributed by atoms with Crippen LogP contribution in [0.4, 0.5) is 0 Å². The van der Waals surface area contributed by atoms with Crippen molar-refractivity contribution in [3.8, 4) is 0 Å². The second kappa shape index (κ2) is 7.11. The van der Waals surface area contributed by atoms with Crippen LogP contribution in [0.2, 0.25) is 0 Å². The fourth-order valence-corrected chi connectivity index (χ4v) is 4.40. The first-order valence-corrected chi connectivity index (χ1v) is 8.65. The van der Waals surface area contributed by atoms with Crippen LogP contribution in [0.15, 0.2) is 0 Å². The molecular formula is C15H26N2O3S. The fourth-order valence-electron chi connectivity index (χ4n) is 2.94. The number of nitrogens with one attached hydrogen (secondary N) is 1. The summed E-state index contributed by atoms with van der Waals surface area (Å²) in [7, 11) is 1.55. The van der Waals surface area contributed by atoms with Crippen LogP contribution >= 0.6 is 11.8 Å². The van der Waals surface area contributed by atoms with Gasteiger partial charge in [0.05, 0.1) is 10.9 Å². The first-order chi connectivity index (χ1) is 9.96. The third kappa shape index (κ3) is 4.20. The molecule has 2 aliphatic rings. The van der Waals surface area contributed by atoms with Crippen LogP contribution in [0.5, 0.6) is 0 Å². The van der Waals surface area contributed by atoms with Gasteiger partial charge in [-0.3, -0.25) is 14.9 Å². The van der Waals surface area contributed by atoms with Crippen LogP contribution in [0.3, 0.4) is 0 Å². The largest absolute Gasteiger partial charge is 0.377 e. The van der Waals surface area contributed by atoms with Crippen molar-refractivity contribution >= 4 is 23.5 Å². The van der Waals surface area contributed by atoms with Gasteiger partial charge in [0.2, 0.25) is 5.91 Å². The van der Waals surface area contributed by atoms with Gasteiger partial charge in [0.1, 0.15) is 6.61 Å². The van der Waals surface area contributed by atoms with E-state index in [0.717, 1.165) is 31.7 Å². The van der Waals surface area contributed by atoms with Gasteiger partial charge in [-0.05, 0) is 18.8 Å². The molecule has 6 heteroatoms. The van der Waals surface area contributed by atoms with E-state index in [1.807, 2.05) is 16.7 Å². The number of piperidine rings is 1. The molecule has 0 aromatic heterocycles. The highest BCUT2D eigenvalue weighted by atomic mass is 32.2. The highest BCUT2D eigenvalue weighted by Gasteiger charge is 2.44. The molecule has 2 aliphatic heterocycles. The van der Waals surface area contributed by atoms with E-state index in [9.17, 15) is 9.59 Å². The first-order valence-electron chi connectivity index (χ1n) is 7.67. The van der Waals surface area contributed by atoms with Gasteiger partial charge in [0.15, 0.2) is 5.78 Å². The topological polar surface area (TPSA) is 58.6 Å². The zero-order valence-electron chi connectivity index (χ0n) is 13.2. The molecule has 2 fully saturated rings. The Labute approximate surface area is 131 Å². The molecule has 0 unspecified atom stereocenters. The standard InChI is InChI=1S/C15H26N2O3S/c1-11(2)8-14(19)17-6-4-15(5-7-17)16-12(10-21-15)13(18)9-20-3/h11-12,16H,4-10H2,1-3H3/t12-/m0/s1. The van der Waals surface area contributed by atoms with Gasteiger partial charge in [-0.15, -0.1) is 11.8 Å². The van der Waals surface area contributed by atoms with Gasteiger partial charge < -0.3 is 9.64 Å². The number of ketones is 1. The van der Waals surface area contributed by atoms with Crippen molar-refractivity contribution in [2.75, 3.05) is 32.6 Å².